The summed E-state index contributed by atoms with van der Waals surface area (Å²) in [4.78, 5) is 19.7. The first-order chi connectivity index (χ1) is 14.0. The molecule has 0 bridgehead atoms. The van der Waals surface area contributed by atoms with E-state index in [4.69, 9.17) is 27.6 Å². The normalized spacial score (nSPS) is 16.9. The smallest absolute Gasteiger partial charge is 0.241 e. The molecule has 1 amide bonds. The number of amides is 1. The molecule has 5 nitrogen and oxygen atoms in total. The second-order valence-electron chi connectivity index (χ2n) is 7.13. The van der Waals surface area contributed by atoms with Crippen LogP contribution in [0.3, 0.4) is 0 Å². The number of anilines is 1. The summed E-state index contributed by atoms with van der Waals surface area (Å²) in [6, 6.07) is 14.6. The second-order valence-corrected chi connectivity index (χ2v) is 7.97. The van der Waals surface area contributed by atoms with E-state index in [2.05, 4.69) is 15.2 Å². The van der Waals surface area contributed by atoms with Crippen molar-refractivity contribution in [2.24, 2.45) is 0 Å². The Kier molecular flexibility index (Phi) is 5.90. The highest BCUT2D eigenvalue weighted by Crippen LogP contribution is 2.28. The largest absolute Gasteiger partial charge is 0.441 e. The maximum Gasteiger partial charge on any atom is 0.241 e. The summed E-state index contributed by atoms with van der Waals surface area (Å²) in [6.07, 6.45) is 1.74. The third-order valence-electron chi connectivity index (χ3n) is 5.12. The van der Waals surface area contributed by atoms with Crippen LogP contribution >= 0.6 is 23.2 Å². The number of aromatic nitrogens is 1. The van der Waals surface area contributed by atoms with Gasteiger partial charge in [-0.1, -0.05) is 41.4 Å². The zero-order chi connectivity index (χ0) is 20.4. The predicted octanol–water partition coefficient (Wildman–Crippen LogP) is 5.56. The second kappa shape index (κ2) is 8.57. The first-order valence-electron chi connectivity index (χ1n) is 9.53. The molecule has 3 aromatic rings. The van der Waals surface area contributed by atoms with E-state index in [9.17, 15) is 4.79 Å². The average molecular weight is 430 g/mol. The molecule has 1 saturated heterocycles. The third-order valence-corrected chi connectivity index (χ3v) is 5.67. The zero-order valence-corrected chi connectivity index (χ0v) is 17.5. The topological polar surface area (TPSA) is 58.4 Å². The van der Waals surface area contributed by atoms with Crippen LogP contribution in [0.1, 0.15) is 24.3 Å². The molecule has 1 atom stereocenters. The van der Waals surface area contributed by atoms with E-state index in [1.165, 1.54) is 0 Å². The molecule has 29 heavy (non-hydrogen) atoms. The van der Waals surface area contributed by atoms with Crippen molar-refractivity contribution in [1.82, 2.24) is 9.88 Å². The van der Waals surface area contributed by atoms with Crippen molar-refractivity contribution in [2.75, 3.05) is 11.9 Å². The maximum atomic E-state index is 12.9. The minimum Gasteiger partial charge on any atom is -0.441 e. The van der Waals surface area contributed by atoms with Gasteiger partial charge >= 0.3 is 0 Å². The van der Waals surface area contributed by atoms with E-state index in [0.717, 1.165) is 36.4 Å². The third kappa shape index (κ3) is 4.47. The van der Waals surface area contributed by atoms with Crippen LogP contribution in [0.5, 0.6) is 0 Å². The summed E-state index contributed by atoms with van der Waals surface area (Å²) < 4.78 is 5.86. The van der Waals surface area contributed by atoms with Gasteiger partial charge in [0.05, 0.1) is 22.4 Å². The molecule has 4 rings (SSSR count). The molecule has 1 fully saturated rings. The summed E-state index contributed by atoms with van der Waals surface area (Å²) in [6.45, 7) is 3.31. The van der Waals surface area contributed by atoms with Crippen molar-refractivity contribution in [3.05, 3.63) is 70.0 Å². The summed E-state index contributed by atoms with van der Waals surface area (Å²) >= 11 is 12.1. The van der Waals surface area contributed by atoms with Crippen molar-refractivity contribution < 1.29 is 9.21 Å². The summed E-state index contributed by atoms with van der Waals surface area (Å²) in [7, 11) is 0. The zero-order valence-electron chi connectivity index (χ0n) is 16.0. The van der Waals surface area contributed by atoms with Crippen molar-refractivity contribution in [2.45, 2.75) is 32.4 Å². The fourth-order valence-electron chi connectivity index (χ4n) is 3.59. The van der Waals surface area contributed by atoms with Crippen molar-refractivity contribution >= 4 is 34.8 Å². The monoisotopic (exact) mass is 429 g/mol. The van der Waals surface area contributed by atoms with E-state index >= 15 is 0 Å². The van der Waals surface area contributed by atoms with Gasteiger partial charge in [0.15, 0.2) is 0 Å². The van der Waals surface area contributed by atoms with Gasteiger partial charge < -0.3 is 9.73 Å². The van der Waals surface area contributed by atoms with E-state index in [1.807, 2.05) is 37.3 Å². The fourth-order valence-corrected chi connectivity index (χ4v) is 4.05. The average Bonchev–Trinajstić information content (AvgIpc) is 3.32. The lowest BCUT2D eigenvalue weighted by atomic mass is 10.2. The molecule has 0 aliphatic carbocycles. The number of carbonyl (C=O) groups excluding carboxylic acids is 1. The number of rotatable bonds is 5. The fraction of sp³-hybridized carbons (Fsp3) is 0.273. The van der Waals surface area contributed by atoms with Gasteiger partial charge in [-0.2, -0.15) is 0 Å². The van der Waals surface area contributed by atoms with Gasteiger partial charge in [0, 0.05) is 17.1 Å². The number of hydrogen-bond acceptors (Lipinski definition) is 4. The Bertz CT molecular complexity index is 1020. The molecule has 1 N–H and O–H groups in total. The number of halogens is 2. The van der Waals surface area contributed by atoms with Crippen LogP contribution in [-0.2, 0) is 11.3 Å². The highest BCUT2D eigenvalue weighted by Gasteiger charge is 2.32. The number of oxazole rings is 1. The van der Waals surface area contributed by atoms with Crippen LogP contribution in [0.25, 0.3) is 11.5 Å². The van der Waals surface area contributed by atoms with Crippen LogP contribution in [0.2, 0.25) is 10.0 Å². The first kappa shape index (κ1) is 20.0. The van der Waals surface area contributed by atoms with Crippen LogP contribution in [0.4, 0.5) is 5.69 Å². The van der Waals surface area contributed by atoms with E-state index in [1.54, 1.807) is 18.2 Å². The minimum absolute atomic E-state index is 0.0730. The lowest BCUT2D eigenvalue weighted by molar-refractivity contribution is -0.120. The quantitative estimate of drug-likeness (QED) is 0.576. The first-order valence-corrected chi connectivity index (χ1v) is 10.3. The van der Waals surface area contributed by atoms with Crippen LogP contribution in [-0.4, -0.2) is 28.4 Å². The molecule has 2 heterocycles. The molecule has 0 radical (unpaired) electrons. The van der Waals surface area contributed by atoms with Crippen molar-refractivity contribution in [3.63, 3.8) is 0 Å². The van der Waals surface area contributed by atoms with Gasteiger partial charge in [-0.25, -0.2) is 4.98 Å². The number of nitrogens with one attached hydrogen (secondary N) is 1. The minimum atomic E-state index is -0.238. The Balaban J connectivity index is 1.47. The number of benzene rings is 2. The van der Waals surface area contributed by atoms with E-state index in [-0.39, 0.29) is 11.9 Å². The van der Waals surface area contributed by atoms with E-state index < -0.39 is 0 Å². The molecule has 2 aromatic carbocycles. The van der Waals surface area contributed by atoms with E-state index in [0.29, 0.717) is 28.2 Å². The molecule has 0 saturated carbocycles. The highest BCUT2D eigenvalue weighted by atomic mass is 35.5. The molecule has 7 heteroatoms. The highest BCUT2D eigenvalue weighted by molar-refractivity contribution is 6.36. The van der Waals surface area contributed by atoms with Gasteiger partial charge in [0.1, 0.15) is 5.76 Å². The SMILES string of the molecule is Cc1oc(-c2ccccc2)nc1CN1CCC[C@@H]1C(=O)Nc1ccc(Cl)cc1Cl. The van der Waals surface area contributed by atoms with Gasteiger partial charge in [0.25, 0.3) is 0 Å². The van der Waals surface area contributed by atoms with Crippen molar-refractivity contribution in [3.8, 4) is 11.5 Å². The van der Waals surface area contributed by atoms with Crippen LogP contribution in [0.15, 0.2) is 52.9 Å². The predicted molar refractivity (Wildman–Crippen MR) is 115 cm³/mol. The molecular weight excluding hydrogens is 409 g/mol. The Morgan fingerprint density at radius 2 is 2.03 bits per heavy atom. The number of carbonyl (C=O) groups is 1. The lowest BCUT2D eigenvalue weighted by Gasteiger charge is -2.23. The molecule has 1 aromatic heterocycles. The Labute approximate surface area is 179 Å². The molecule has 1 aliphatic heterocycles. The van der Waals surface area contributed by atoms with Crippen molar-refractivity contribution in [1.29, 1.82) is 0 Å². The number of aryl methyl sites for hydroxylation is 1. The summed E-state index contributed by atoms with van der Waals surface area (Å²) in [5.41, 5.74) is 2.36. The summed E-state index contributed by atoms with van der Waals surface area (Å²) in [5, 5.41) is 3.89. The van der Waals surface area contributed by atoms with Gasteiger partial charge in [-0.3, -0.25) is 9.69 Å². The maximum absolute atomic E-state index is 12.9. The number of nitrogens with zero attached hydrogens (tertiary/aromatic N) is 2. The number of likely N-dealkylation sites (tertiary alicyclic amines) is 1. The molecular formula is C22H21Cl2N3O2. The van der Waals surface area contributed by atoms with Crippen LogP contribution < -0.4 is 5.32 Å². The van der Waals surface area contributed by atoms with Gasteiger partial charge in [0.2, 0.25) is 11.8 Å². The molecule has 0 spiro atoms. The standard InChI is InChI=1S/C22H21Cl2N3O2/c1-14-19(26-22(29-14)15-6-3-2-4-7-15)13-27-11-5-8-20(27)21(28)25-18-10-9-16(23)12-17(18)24/h2-4,6-7,9-10,12,20H,5,8,11,13H2,1H3,(H,25,28)/t20-/m1/s1. The summed E-state index contributed by atoms with van der Waals surface area (Å²) in [5.74, 6) is 1.30. The molecule has 0 unspecified atom stereocenters. The lowest BCUT2D eigenvalue weighted by Crippen LogP contribution is -2.39. The van der Waals surface area contributed by atoms with Crippen LogP contribution in [0, 0.1) is 6.92 Å². The van der Waals surface area contributed by atoms with Gasteiger partial charge in [-0.05, 0) is 56.6 Å². The Hall–Kier alpha value is -2.34. The molecule has 150 valence electrons. The van der Waals surface area contributed by atoms with Gasteiger partial charge in [-0.15, -0.1) is 0 Å². The number of hydrogen-bond donors (Lipinski definition) is 1. The Morgan fingerprint density at radius 3 is 2.79 bits per heavy atom. The Morgan fingerprint density at radius 1 is 1.24 bits per heavy atom. The molecule has 1 aliphatic rings.